The zero-order valence-corrected chi connectivity index (χ0v) is 12.6. The quantitative estimate of drug-likeness (QED) is 0.688. The van der Waals surface area contributed by atoms with Gasteiger partial charge in [0.15, 0.2) is 6.61 Å². The van der Waals surface area contributed by atoms with Crippen LogP contribution in [-0.4, -0.2) is 57.0 Å². The van der Waals surface area contributed by atoms with Gasteiger partial charge in [0, 0.05) is 6.54 Å². The smallest absolute Gasteiger partial charge is 0.344 e. The fourth-order valence-corrected chi connectivity index (χ4v) is 2.59. The summed E-state index contributed by atoms with van der Waals surface area (Å²) in [6, 6.07) is -0.717. The topological polar surface area (TPSA) is 135 Å². The van der Waals surface area contributed by atoms with Crippen molar-refractivity contribution in [2.45, 2.75) is 31.8 Å². The molecule has 2 amide bonds. The molecule has 3 N–H and O–H groups in total. The summed E-state index contributed by atoms with van der Waals surface area (Å²) in [5, 5.41) is 17.6. The molecule has 10 heteroatoms. The van der Waals surface area contributed by atoms with Gasteiger partial charge in [0.05, 0.1) is 13.1 Å². The Labute approximate surface area is 132 Å². The number of carbonyl (C=O) groups is 2. The van der Waals surface area contributed by atoms with Gasteiger partial charge in [0.2, 0.25) is 11.8 Å². The lowest BCUT2D eigenvalue weighted by Gasteiger charge is -2.24. The van der Waals surface area contributed by atoms with Crippen LogP contribution in [0.25, 0.3) is 0 Å². The molecular formula is C13H19N5O5. The molecule has 10 nitrogen and oxygen atoms in total. The van der Waals surface area contributed by atoms with Crippen molar-refractivity contribution >= 4 is 12.0 Å². The second kappa shape index (κ2) is 6.50. The van der Waals surface area contributed by atoms with Crippen LogP contribution in [0.3, 0.4) is 0 Å². The third-order valence-corrected chi connectivity index (χ3v) is 3.92. The molecule has 0 bridgehead atoms. The van der Waals surface area contributed by atoms with Crippen molar-refractivity contribution < 1.29 is 24.0 Å². The molecule has 2 aliphatic rings. The van der Waals surface area contributed by atoms with E-state index in [1.807, 2.05) is 0 Å². The molecular weight excluding hydrogens is 306 g/mol. The van der Waals surface area contributed by atoms with E-state index in [-0.39, 0.29) is 18.6 Å². The van der Waals surface area contributed by atoms with Crippen molar-refractivity contribution in [2.24, 2.45) is 11.7 Å². The standard InChI is InChI=1S/C13H19N5O5/c14-6-10-15-16-12(23-10)9(5-8-1-2-8)17-3-4-18(13(17)21)22-7-11(19)20/h8-9H,1-7,14H2,(H,19,20)/t9-/m0/s1. The molecule has 0 unspecified atom stereocenters. The summed E-state index contributed by atoms with van der Waals surface area (Å²) < 4.78 is 5.52. The van der Waals surface area contributed by atoms with Crippen molar-refractivity contribution in [3.63, 3.8) is 0 Å². The first-order valence-corrected chi connectivity index (χ1v) is 7.53. The lowest BCUT2D eigenvalue weighted by Crippen LogP contribution is -2.36. The van der Waals surface area contributed by atoms with Crippen molar-refractivity contribution in [3.8, 4) is 0 Å². The van der Waals surface area contributed by atoms with Crippen molar-refractivity contribution in [2.75, 3.05) is 19.7 Å². The van der Waals surface area contributed by atoms with Crippen LogP contribution in [0.4, 0.5) is 4.79 Å². The second-order valence-corrected chi connectivity index (χ2v) is 5.68. The maximum absolute atomic E-state index is 12.4. The average Bonchev–Trinajstić information content (AvgIpc) is 3.09. The number of carboxylic acids is 1. The van der Waals surface area contributed by atoms with Gasteiger partial charge in [-0.15, -0.1) is 10.2 Å². The Morgan fingerprint density at radius 2 is 2.22 bits per heavy atom. The van der Waals surface area contributed by atoms with Crippen molar-refractivity contribution in [1.29, 1.82) is 0 Å². The number of amides is 2. The molecule has 0 spiro atoms. The SMILES string of the molecule is NCc1nnc([C@H](CC2CC2)N2CCN(OCC(=O)O)C2=O)o1. The maximum atomic E-state index is 12.4. The van der Waals surface area contributed by atoms with E-state index in [0.717, 1.165) is 24.3 Å². The molecule has 1 aliphatic heterocycles. The number of nitrogens with two attached hydrogens (primary N) is 1. The predicted molar refractivity (Wildman–Crippen MR) is 74.7 cm³/mol. The summed E-state index contributed by atoms with van der Waals surface area (Å²) >= 11 is 0. The highest BCUT2D eigenvalue weighted by atomic mass is 16.7. The van der Waals surface area contributed by atoms with Gasteiger partial charge in [0.25, 0.3) is 0 Å². The van der Waals surface area contributed by atoms with Gasteiger partial charge in [-0.3, -0.25) is 4.84 Å². The summed E-state index contributed by atoms with van der Waals surface area (Å²) in [4.78, 5) is 29.6. The number of nitrogens with zero attached hydrogens (tertiary/aromatic N) is 4. The molecule has 126 valence electrons. The summed E-state index contributed by atoms with van der Waals surface area (Å²) in [7, 11) is 0. The molecule has 0 radical (unpaired) electrons. The Bertz CT molecular complexity index is 587. The van der Waals surface area contributed by atoms with E-state index >= 15 is 0 Å². The number of urea groups is 1. The van der Waals surface area contributed by atoms with Crippen LogP contribution in [0.1, 0.15) is 37.1 Å². The highest BCUT2D eigenvalue weighted by Crippen LogP contribution is 2.40. The number of aromatic nitrogens is 2. The third kappa shape index (κ3) is 3.59. The first-order chi connectivity index (χ1) is 11.1. The average molecular weight is 325 g/mol. The van der Waals surface area contributed by atoms with E-state index in [1.165, 1.54) is 0 Å². The van der Waals surface area contributed by atoms with Crippen LogP contribution in [0.15, 0.2) is 4.42 Å². The minimum atomic E-state index is -1.13. The van der Waals surface area contributed by atoms with E-state index in [2.05, 4.69) is 10.2 Å². The fraction of sp³-hybridized carbons (Fsp3) is 0.692. The third-order valence-electron chi connectivity index (χ3n) is 3.92. The largest absolute Gasteiger partial charge is 0.479 e. The van der Waals surface area contributed by atoms with Crippen LogP contribution in [0.2, 0.25) is 0 Å². The zero-order valence-electron chi connectivity index (χ0n) is 12.6. The van der Waals surface area contributed by atoms with Crippen LogP contribution in [0.5, 0.6) is 0 Å². The normalized spacial score (nSPS) is 19.4. The highest BCUT2D eigenvalue weighted by molar-refractivity contribution is 5.76. The molecule has 23 heavy (non-hydrogen) atoms. The van der Waals surface area contributed by atoms with Gasteiger partial charge in [-0.2, -0.15) is 0 Å². The number of carbonyl (C=O) groups excluding carboxylic acids is 1. The second-order valence-electron chi connectivity index (χ2n) is 5.68. The van der Waals surface area contributed by atoms with E-state index in [1.54, 1.807) is 4.90 Å². The minimum absolute atomic E-state index is 0.144. The number of carboxylic acid groups (broad SMARTS) is 1. The zero-order chi connectivity index (χ0) is 16.4. The summed E-state index contributed by atoms with van der Waals surface area (Å²) in [6.07, 6.45) is 2.98. The lowest BCUT2D eigenvalue weighted by molar-refractivity contribution is -0.160. The predicted octanol–water partition coefficient (Wildman–Crippen LogP) is 0.123. The van der Waals surface area contributed by atoms with E-state index in [4.69, 9.17) is 20.1 Å². The summed E-state index contributed by atoms with van der Waals surface area (Å²) in [5.74, 6) is 0.0995. The molecule has 1 aliphatic carbocycles. The maximum Gasteiger partial charge on any atom is 0.344 e. The van der Waals surface area contributed by atoms with Crippen LogP contribution >= 0.6 is 0 Å². The first-order valence-electron chi connectivity index (χ1n) is 7.53. The van der Waals surface area contributed by atoms with Gasteiger partial charge in [-0.05, 0) is 12.3 Å². The number of hydrogen-bond acceptors (Lipinski definition) is 7. The van der Waals surface area contributed by atoms with Gasteiger partial charge < -0.3 is 20.2 Å². The number of rotatable bonds is 8. The fourth-order valence-electron chi connectivity index (χ4n) is 2.59. The van der Waals surface area contributed by atoms with Gasteiger partial charge in [-0.25, -0.2) is 14.7 Å². The Balaban J connectivity index is 1.71. The first kappa shape index (κ1) is 15.7. The van der Waals surface area contributed by atoms with E-state index in [0.29, 0.717) is 30.8 Å². The number of aliphatic carboxylic acids is 1. The summed E-state index contributed by atoms with van der Waals surface area (Å²) in [6.45, 7) is 0.303. The lowest BCUT2D eigenvalue weighted by atomic mass is 10.1. The molecule has 3 rings (SSSR count). The Hall–Kier alpha value is -2.20. The molecule has 0 aromatic carbocycles. The molecule has 2 fully saturated rings. The molecule has 1 aromatic rings. The molecule has 2 heterocycles. The van der Waals surface area contributed by atoms with E-state index < -0.39 is 12.6 Å². The van der Waals surface area contributed by atoms with Crippen LogP contribution < -0.4 is 5.73 Å². The van der Waals surface area contributed by atoms with Crippen LogP contribution in [-0.2, 0) is 16.2 Å². The number of hydroxylamine groups is 2. The minimum Gasteiger partial charge on any atom is -0.479 e. The molecule has 1 saturated carbocycles. The van der Waals surface area contributed by atoms with Crippen LogP contribution in [0, 0.1) is 5.92 Å². The Morgan fingerprint density at radius 1 is 1.43 bits per heavy atom. The number of hydrogen-bond donors (Lipinski definition) is 2. The molecule has 1 aromatic heterocycles. The van der Waals surface area contributed by atoms with Gasteiger partial charge in [-0.1, -0.05) is 12.8 Å². The van der Waals surface area contributed by atoms with E-state index in [9.17, 15) is 9.59 Å². The Kier molecular flexibility index (Phi) is 4.44. The Morgan fingerprint density at radius 3 is 2.83 bits per heavy atom. The van der Waals surface area contributed by atoms with Crippen molar-refractivity contribution in [1.82, 2.24) is 20.2 Å². The van der Waals surface area contributed by atoms with Crippen molar-refractivity contribution in [3.05, 3.63) is 11.8 Å². The molecule has 1 atom stereocenters. The van der Waals surface area contributed by atoms with Gasteiger partial charge >= 0.3 is 12.0 Å². The highest BCUT2D eigenvalue weighted by Gasteiger charge is 2.40. The summed E-state index contributed by atoms with van der Waals surface area (Å²) in [5.41, 5.74) is 5.49. The molecule has 1 saturated heterocycles. The monoisotopic (exact) mass is 325 g/mol. The van der Waals surface area contributed by atoms with Gasteiger partial charge in [0.1, 0.15) is 6.04 Å².